The zero-order valence-corrected chi connectivity index (χ0v) is 11.7. The van der Waals surface area contributed by atoms with Crippen LogP contribution in [0.4, 0.5) is 0 Å². The topological polar surface area (TPSA) is 34.9 Å². The van der Waals surface area contributed by atoms with E-state index in [9.17, 15) is 4.79 Å². The molecule has 0 amide bonds. The van der Waals surface area contributed by atoms with Crippen molar-refractivity contribution >= 4 is 5.78 Å². The molecule has 1 unspecified atom stereocenters. The Labute approximate surface area is 104 Å². The van der Waals surface area contributed by atoms with Crippen LogP contribution in [0.2, 0.25) is 0 Å². The van der Waals surface area contributed by atoms with Gasteiger partial charge in [0.05, 0.1) is 0 Å². The zero-order valence-electron chi connectivity index (χ0n) is 11.7. The number of ketones is 1. The predicted octanol–water partition coefficient (Wildman–Crippen LogP) is 3.55. The molecule has 0 N–H and O–H groups in total. The second-order valence-electron chi connectivity index (χ2n) is 5.84. The van der Waals surface area contributed by atoms with Crippen molar-refractivity contribution in [1.82, 2.24) is 9.55 Å². The summed E-state index contributed by atoms with van der Waals surface area (Å²) in [6, 6.07) is 0. The van der Waals surface area contributed by atoms with E-state index in [1.807, 2.05) is 10.8 Å². The summed E-state index contributed by atoms with van der Waals surface area (Å²) in [4.78, 5) is 16.4. The lowest BCUT2D eigenvalue weighted by Gasteiger charge is -2.26. The first-order chi connectivity index (χ1) is 7.86. The Morgan fingerprint density at radius 1 is 1.47 bits per heavy atom. The Morgan fingerprint density at radius 3 is 2.65 bits per heavy atom. The van der Waals surface area contributed by atoms with E-state index in [0.29, 0.717) is 18.2 Å². The highest BCUT2D eigenvalue weighted by molar-refractivity contribution is 5.92. The fourth-order valence-corrected chi connectivity index (χ4v) is 1.66. The lowest BCUT2D eigenvalue weighted by molar-refractivity contribution is 0.0912. The minimum atomic E-state index is 0.158. The molecule has 0 aliphatic heterocycles. The molecule has 0 fully saturated rings. The Morgan fingerprint density at radius 2 is 2.12 bits per heavy atom. The third kappa shape index (κ3) is 3.69. The average molecular weight is 236 g/mol. The number of aromatic nitrogens is 2. The van der Waals surface area contributed by atoms with Gasteiger partial charge < -0.3 is 4.57 Å². The molecule has 0 aromatic carbocycles. The van der Waals surface area contributed by atoms with E-state index in [-0.39, 0.29) is 11.2 Å². The van der Waals surface area contributed by atoms with E-state index in [4.69, 9.17) is 0 Å². The molecule has 1 aromatic heterocycles. The molecule has 0 bridgehead atoms. The fraction of sp³-hybridized carbons (Fsp3) is 0.714. The number of carbonyl (C=O) groups is 1. The van der Waals surface area contributed by atoms with Gasteiger partial charge in [0.1, 0.15) is 0 Å². The third-order valence-corrected chi connectivity index (χ3v) is 3.40. The van der Waals surface area contributed by atoms with Crippen LogP contribution in [0.25, 0.3) is 0 Å². The number of imidazole rings is 1. The minimum absolute atomic E-state index is 0.158. The SMILES string of the molecule is CCCn1ccnc1C(=O)CC(C)C(C)(C)C. The molecule has 0 radical (unpaired) electrons. The highest BCUT2D eigenvalue weighted by Crippen LogP contribution is 2.28. The number of hydrogen-bond donors (Lipinski definition) is 0. The van der Waals surface area contributed by atoms with Crippen LogP contribution < -0.4 is 0 Å². The van der Waals surface area contributed by atoms with Gasteiger partial charge in [0.15, 0.2) is 11.6 Å². The summed E-state index contributed by atoms with van der Waals surface area (Å²) in [7, 11) is 0. The van der Waals surface area contributed by atoms with Gasteiger partial charge in [-0.1, -0.05) is 34.6 Å². The first-order valence-corrected chi connectivity index (χ1v) is 6.40. The van der Waals surface area contributed by atoms with Crippen LogP contribution in [-0.2, 0) is 6.54 Å². The van der Waals surface area contributed by atoms with Gasteiger partial charge in [0.2, 0.25) is 0 Å². The van der Waals surface area contributed by atoms with Crippen molar-refractivity contribution in [3.05, 3.63) is 18.2 Å². The number of Topliss-reactive ketones (excluding diaryl/α,β-unsaturated/α-hetero) is 1. The zero-order chi connectivity index (χ0) is 13.1. The largest absolute Gasteiger partial charge is 0.329 e. The number of nitrogens with zero attached hydrogens (tertiary/aromatic N) is 2. The van der Waals surface area contributed by atoms with E-state index in [0.717, 1.165) is 13.0 Å². The fourth-order valence-electron chi connectivity index (χ4n) is 1.66. The lowest BCUT2D eigenvalue weighted by Crippen LogP contribution is -2.22. The van der Waals surface area contributed by atoms with Crippen molar-refractivity contribution in [2.45, 2.75) is 54.0 Å². The van der Waals surface area contributed by atoms with Gasteiger partial charge in [-0.15, -0.1) is 0 Å². The minimum Gasteiger partial charge on any atom is -0.329 e. The monoisotopic (exact) mass is 236 g/mol. The molecule has 0 saturated carbocycles. The quantitative estimate of drug-likeness (QED) is 0.733. The summed E-state index contributed by atoms with van der Waals surface area (Å²) < 4.78 is 1.96. The molecule has 1 heterocycles. The summed E-state index contributed by atoms with van der Waals surface area (Å²) in [5, 5.41) is 0. The molecule has 0 aliphatic carbocycles. The van der Waals surface area contributed by atoms with Gasteiger partial charge >= 0.3 is 0 Å². The number of rotatable bonds is 5. The Kier molecular flexibility index (Phi) is 4.49. The Bertz CT molecular complexity index is 374. The maximum Gasteiger partial charge on any atom is 0.198 e. The summed E-state index contributed by atoms with van der Waals surface area (Å²) >= 11 is 0. The molecule has 1 rings (SSSR count). The summed E-state index contributed by atoms with van der Waals surface area (Å²) in [5.74, 6) is 1.13. The van der Waals surface area contributed by atoms with Crippen LogP contribution >= 0.6 is 0 Å². The van der Waals surface area contributed by atoms with Crippen molar-refractivity contribution in [2.24, 2.45) is 11.3 Å². The Hall–Kier alpha value is -1.12. The van der Waals surface area contributed by atoms with Crippen LogP contribution in [0.5, 0.6) is 0 Å². The second-order valence-corrected chi connectivity index (χ2v) is 5.84. The first kappa shape index (κ1) is 13.9. The molecule has 17 heavy (non-hydrogen) atoms. The number of aryl methyl sites for hydroxylation is 1. The molecule has 1 atom stereocenters. The highest BCUT2D eigenvalue weighted by atomic mass is 16.1. The Balaban J connectivity index is 2.73. The van der Waals surface area contributed by atoms with Crippen LogP contribution in [0.15, 0.2) is 12.4 Å². The maximum absolute atomic E-state index is 12.2. The van der Waals surface area contributed by atoms with E-state index >= 15 is 0 Å². The van der Waals surface area contributed by atoms with Gasteiger partial charge in [0.25, 0.3) is 0 Å². The van der Waals surface area contributed by atoms with Gasteiger partial charge in [-0.25, -0.2) is 4.98 Å². The summed E-state index contributed by atoms with van der Waals surface area (Å²) in [6.45, 7) is 11.6. The van der Waals surface area contributed by atoms with E-state index in [1.165, 1.54) is 0 Å². The smallest absolute Gasteiger partial charge is 0.198 e. The van der Waals surface area contributed by atoms with Gasteiger partial charge in [-0.05, 0) is 17.8 Å². The van der Waals surface area contributed by atoms with Crippen LogP contribution in [0, 0.1) is 11.3 Å². The molecule has 0 spiro atoms. The molecular weight excluding hydrogens is 212 g/mol. The number of carbonyl (C=O) groups excluding carboxylic acids is 1. The number of hydrogen-bond acceptors (Lipinski definition) is 2. The van der Waals surface area contributed by atoms with Gasteiger partial charge in [0, 0.05) is 25.4 Å². The van der Waals surface area contributed by atoms with Gasteiger partial charge in [-0.2, -0.15) is 0 Å². The van der Waals surface area contributed by atoms with Crippen molar-refractivity contribution in [3.63, 3.8) is 0 Å². The molecule has 0 aliphatic rings. The van der Waals surface area contributed by atoms with Crippen molar-refractivity contribution in [1.29, 1.82) is 0 Å². The van der Waals surface area contributed by atoms with Crippen molar-refractivity contribution in [3.8, 4) is 0 Å². The van der Waals surface area contributed by atoms with E-state index in [2.05, 4.69) is 39.6 Å². The molecule has 0 saturated heterocycles. The van der Waals surface area contributed by atoms with Gasteiger partial charge in [-0.3, -0.25) is 4.79 Å². The highest BCUT2D eigenvalue weighted by Gasteiger charge is 2.24. The van der Waals surface area contributed by atoms with E-state index in [1.54, 1.807) is 6.20 Å². The third-order valence-electron chi connectivity index (χ3n) is 3.40. The normalized spacial score (nSPS) is 13.7. The standard InChI is InChI=1S/C14H24N2O/c1-6-8-16-9-7-15-13(16)12(17)10-11(2)14(3,4)5/h7,9,11H,6,8,10H2,1-5H3. The maximum atomic E-state index is 12.2. The summed E-state index contributed by atoms with van der Waals surface area (Å²) in [5.41, 5.74) is 0.165. The molecule has 3 nitrogen and oxygen atoms in total. The molecule has 96 valence electrons. The second kappa shape index (κ2) is 5.48. The first-order valence-electron chi connectivity index (χ1n) is 6.40. The predicted molar refractivity (Wildman–Crippen MR) is 70.1 cm³/mol. The average Bonchev–Trinajstić information content (AvgIpc) is 2.65. The molecule has 1 aromatic rings. The van der Waals surface area contributed by atoms with Crippen LogP contribution in [-0.4, -0.2) is 15.3 Å². The van der Waals surface area contributed by atoms with Crippen molar-refractivity contribution < 1.29 is 4.79 Å². The van der Waals surface area contributed by atoms with Crippen LogP contribution in [0.3, 0.4) is 0 Å². The van der Waals surface area contributed by atoms with Crippen LogP contribution in [0.1, 0.15) is 58.1 Å². The molecule has 3 heteroatoms. The van der Waals surface area contributed by atoms with Crippen molar-refractivity contribution in [2.75, 3.05) is 0 Å². The summed E-state index contributed by atoms with van der Waals surface area (Å²) in [6.07, 6.45) is 5.19. The molecular formula is C14H24N2O. The van der Waals surface area contributed by atoms with E-state index < -0.39 is 0 Å². The lowest BCUT2D eigenvalue weighted by atomic mass is 9.79.